The summed E-state index contributed by atoms with van der Waals surface area (Å²) in [7, 11) is -3.58. The molecule has 108 valence electrons. The molecule has 1 aliphatic heterocycles. The van der Waals surface area contributed by atoms with Crippen molar-refractivity contribution in [3.63, 3.8) is 0 Å². The van der Waals surface area contributed by atoms with Gasteiger partial charge in [-0.15, -0.1) is 0 Å². The molecule has 0 spiro atoms. The lowest BCUT2D eigenvalue weighted by Gasteiger charge is -2.54. The van der Waals surface area contributed by atoms with Crippen molar-refractivity contribution < 1.29 is 18.6 Å². The SMILES string of the molecule is CC(C)(C)C1OOC1(O[Si](C)(C)C)O[Si](C)(C)C. The van der Waals surface area contributed by atoms with Gasteiger partial charge in [0.15, 0.2) is 22.7 Å². The van der Waals surface area contributed by atoms with Crippen molar-refractivity contribution in [3.05, 3.63) is 0 Å². The van der Waals surface area contributed by atoms with Gasteiger partial charge in [-0.1, -0.05) is 20.8 Å². The third-order valence-electron chi connectivity index (χ3n) is 2.27. The molecule has 0 aromatic rings. The minimum Gasteiger partial charge on any atom is -0.366 e. The van der Waals surface area contributed by atoms with E-state index in [1.165, 1.54) is 0 Å². The smallest absolute Gasteiger partial charge is 0.324 e. The first kappa shape index (κ1) is 16.3. The molecule has 1 fully saturated rings. The van der Waals surface area contributed by atoms with Gasteiger partial charge in [-0.2, -0.15) is 4.89 Å². The van der Waals surface area contributed by atoms with E-state index in [2.05, 4.69) is 60.1 Å². The molecule has 0 saturated carbocycles. The van der Waals surface area contributed by atoms with Crippen molar-refractivity contribution in [1.29, 1.82) is 0 Å². The Labute approximate surface area is 113 Å². The van der Waals surface area contributed by atoms with Crippen LogP contribution in [0.15, 0.2) is 0 Å². The zero-order valence-corrected chi connectivity index (χ0v) is 15.2. The summed E-state index contributed by atoms with van der Waals surface area (Å²) in [5, 5.41) is 0. The fourth-order valence-electron chi connectivity index (χ4n) is 1.86. The fourth-order valence-corrected chi connectivity index (χ4v) is 4.02. The molecular formula is C12H28O4Si2. The van der Waals surface area contributed by atoms with E-state index in [0.29, 0.717) is 0 Å². The standard InChI is InChI=1S/C12H28O4Si2/c1-11(2,3)10-12(14-13-10,15-17(4,5)6)16-18(7,8)9/h10H,1-9H3. The van der Waals surface area contributed by atoms with Crippen LogP contribution in [0.5, 0.6) is 0 Å². The summed E-state index contributed by atoms with van der Waals surface area (Å²) >= 11 is 0. The molecule has 1 saturated heterocycles. The fraction of sp³-hybridized carbons (Fsp3) is 1.00. The average Bonchev–Trinajstić information content (AvgIpc) is 1.91. The van der Waals surface area contributed by atoms with E-state index in [1.807, 2.05) is 0 Å². The van der Waals surface area contributed by atoms with Gasteiger partial charge in [-0.25, -0.2) is 4.89 Å². The Bertz CT molecular complexity index is 283. The first-order valence-electron chi connectivity index (χ1n) is 6.50. The van der Waals surface area contributed by atoms with Crippen molar-refractivity contribution in [2.24, 2.45) is 5.41 Å². The van der Waals surface area contributed by atoms with E-state index in [-0.39, 0.29) is 11.5 Å². The van der Waals surface area contributed by atoms with Crippen LogP contribution >= 0.6 is 0 Å². The maximum atomic E-state index is 6.18. The van der Waals surface area contributed by atoms with E-state index >= 15 is 0 Å². The van der Waals surface area contributed by atoms with Gasteiger partial charge in [0.05, 0.1) is 0 Å². The van der Waals surface area contributed by atoms with E-state index in [1.54, 1.807) is 0 Å². The topological polar surface area (TPSA) is 36.9 Å². The molecule has 1 heterocycles. The van der Waals surface area contributed by atoms with Crippen LogP contribution in [0.4, 0.5) is 0 Å². The lowest BCUT2D eigenvalue weighted by Crippen LogP contribution is -2.69. The number of hydrogen-bond donors (Lipinski definition) is 0. The van der Waals surface area contributed by atoms with E-state index in [4.69, 9.17) is 18.6 Å². The molecule has 0 aliphatic carbocycles. The molecule has 1 aliphatic rings. The second-order valence-corrected chi connectivity index (χ2v) is 16.8. The second-order valence-electron chi connectivity index (χ2n) is 7.96. The summed E-state index contributed by atoms with van der Waals surface area (Å²) in [6, 6.07) is 0. The predicted octanol–water partition coefficient (Wildman–Crippen LogP) is 3.72. The van der Waals surface area contributed by atoms with E-state index in [0.717, 1.165) is 0 Å². The van der Waals surface area contributed by atoms with Gasteiger partial charge in [0.1, 0.15) is 0 Å². The molecule has 6 heteroatoms. The molecule has 0 amide bonds. The molecular weight excluding hydrogens is 264 g/mol. The lowest BCUT2D eigenvalue weighted by atomic mass is 9.87. The quantitative estimate of drug-likeness (QED) is 0.449. The van der Waals surface area contributed by atoms with Crippen LogP contribution in [0.3, 0.4) is 0 Å². The highest BCUT2D eigenvalue weighted by atomic mass is 28.4. The van der Waals surface area contributed by atoms with Crippen molar-refractivity contribution in [2.75, 3.05) is 0 Å². The van der Waals surface area contributed by atoms with Crippen LogP contribution in [0.2, 0.25) is 39.3 Å². The average molecular weight is 293 g/mol. The highest BCUT2D eigenvalue weighted by molar-refractivity contribution is 6.71. The minimum atomic E-state index is -1.79. The lowest BCUT2D eigenvalue weighted by molar-refractivity contribution is -0.624. The number of hydrogen-bond acceptors (Lipinski definition) is 4. The zero-order valence-electron chi connectivity index (χ0n) is 13.2. The summed E-state index contributed by atoms with van der Waals surface area (Å²) in [4.78, 5) is 10.6. The maximum Gasteiger partial charge on any atom is 0.324 e. The van der Waals surface area contributed by atoms with Crippen LogP contribution in [0.1, 0.15) is 20.8 Å². The summed E-state index contributed by atoms with van der Waals surface area (Å²) in [6.07, 6.45) is -0.191. The van der Waals surface area contributed by atoms with Crippen LogP contribution < -0.4 is 0 Å². The second kappa shape index (κ2) is 4.68. The number of rotatable bonds is 4. The highest BCUT2D eigenvalue weighted by Gasteiger charge is 2.62. The molecule has 0 bridgehead atoms. The van der Waals surface area contributed by atoms with Crippen LogP contribution in [-0.4, -0.2) is 28.7 Å². The van der Waals surface area contributed by atoms with Crippen LogP contribution in [-0.2, 0) is 18.6 Å². The molecule has 18 heavy (non-hydrogen) atoms. The third-order valence-corrected chi connectivity index (χ3v) is 4.06. The highest BCUT2D eigenvalue weighted by Crippen LogP contribution is 2.45. The van der Waals surface area contributed by atoms with E-state index < -0.39 is 22.6 Å². The van der Waals surface area contributed by atoms with Gasteiger partial charge in [-0.05, 0) is 44.7 Å². The normalized spacial score (nSPS) is 24.8. The summed E-state index contributed by atoms with van der Waals surface area (Å²) in [5.41, 5.74) is -0.0858. The monoisotopic (exact) mass is 292 g/mol. The van der Waals surface area contributed by atoms with Gasteiger partial charge < -0.3 is 8.85 Å². The van der Waals surface area contributed by atoms with Crippen molar-refractivity contribution in [2.45, 2.75) is 72.1 Å². The molecule has 0 radical (unpaired) electrons. The Kier molecular flexibility index (Phi) is 4.24. The molecule has 0 aromatic carbocycles. The van der Waals surface area contributed by atoms with Gasteiger partial charge >= 0.3 is 5.97 Å². The molecule has 1 unspecified atom stereocenters. The van der Waals surface area contributed by atoms with Crippen LogP contribution in [0.25, 0.3) is 0 Å². The van der Waals surface area contributed by atoms with Crippen molar-refractivity contribution in [3.8, 4) is 0 Å². The predicted molar refractivity (Wildman–Crippen MR) is 77.0 cm³/mol. The molecule has 0 N–H and O–H groups in total. The molecule has 0 aromatic heterocycles. The van der Waals surface area contributed by atoms with E-state index in [9.17, 15) is 0 Å². The largest absolute Gasteiger partial charge is 0.366 e. The summed E-state index contributed by atoms with van der Waals surface area (Å²) < 4.78 is 12.4. The summed E-state index contributed by atoms with van der Waals surface area (Å²) in [5.74, 6) is -1.01. The Morgan fingerprint density at radius 2 is 1.28 bits per heavy atom. The van der Waals surface area contributed by atoms with Gasteiger partial charge in [0.25, 0.3) is 0 Å². The van der Waals surface area contributed by atoms with Gasteiger partial charge in [0, 0.05) is 0 Å². The molecule has 1 atom stereocenters. The minimum absolute atomic E-state index is 0.0858. The van der Waals surface area contributed by atoms with Gasteiger partial charge in [0.2, 0.25) is 0 Å². The Balaban J connectivity index is 2.97. The molecule has 1 rings (SSSR count). The first-order valence-corrected chi connectivity index (χ1v) is 13.3. The van der Waals surface area contributed by atoms with Gasteiger partial charge in [-0.3, -0.25) is 0 Å². The Morgan fingerprint density at radius 3 is 1.44 bits per heavy atom. The Hall–Kier alpha value is 0.274. The zero-order chi connectivity index (χ0) is 14.4. The maximum absolute atomic E-state index is 6.18. The van der Waals surface area contributed by atoms with Crippen molar-refractivity contribution >= 4 is 16.6 Å². The Morgan fingerprint density at radius 1 is 0.889 bits per heavy atom. The molecule has 4 nitrogen and oxygen atoms in total. The third kappa shape index (κ3) is 4.14. The van der Waals surface area contributed by atoms with Crippen molar-refractivity contribution in [1.82, 2.24) is 0 Å². The van der Waals surface area contributed by atoms with Crippen LogP contribution in [0, 0.1) is 5.41 Å². The first-order chi connectivity index (χ1) is 7.75. The summed E-state index contributed by atoms with van der Waals surface area (Å²) in [6.45, 7) is 19.1.